The number of hydrogen-bond donors (Lipinski definition) is 0. The Labute approximate surface area is 164 Å². The van der Waals surface area contributed by atoms with E-state index in [0.29, 0.717) is 13.1 Å². The van der Waals surface area contributed by atoms with E-state index < -0.39 is 0 Å². The molecule has 3 aromatic rings. The molecular weight excluding hydrogens is 412 g/mol. The standard InChI is InChI=1S/C20H19BrN2O2S/c1-13-4-2-7-17-18(13)22-20(26-17)25-16-8-10-23(11-9-16)19(24)14-5-3-6-15(21)12-14/h2-7,12,16H,8-11H2,1H3. The molecule has 0 unspecified atom stereocenters. The number of rotatable bonds is 3. The molecule has 0 N–H and O–H groups in total. The highest BCUT2D eigenvalue weighted by molar-refractivity contribution is 9.10. The number of hydrogen-bond acceptors (Lipinski definition) is 4. The van der Waals surface area contributed by atoms with Gasteiger partial charge >= 0.3 is 0 Å². The van der Waals surface area contributed by atoms with Crippen LogP contribution in [0, 0.1) is 6.92 Å². The highest BCUT2D eigenvalue weighted by Gasteiger charge is 2.25. The molecular formula is C20H19BrN2O2S. The van der Waals surface area contributed by atoms with Crippen LogP contribution in [0.3, 0.4) is 0 Å². The van der Waals surface area contributed by atoms with E-state index in [1.807, 2.05) is 35.2 Å². The number of nitrogens with zero attached hydrogens (tertiary/aromatic N) is 2. The van der Waals surface area contributed by atoms with Crippen molar-refractivity contribution in [2.75, 3.05) is 13.1 Å². The number of piperidine rings is 1. The van der Waals surface area contributed by atoms with Gasteiger partial charge in [0.25, 0.3) is 11.1 Å². The largest absolute Gasteiger partial charge is 0.467 e. The molecule has 0 aliphatic carbocycles. The zero-order valence-electron chi connectivity index (χ0n) is 14.4. The summed E-state index contributed by atoms with van der Waals surface area (Å²) in [5.74, 6) is 0.0837. The quantitative estimate of drug-likeness (QED) is 0.583. The van der Waals surface area contributed by atoms with Gasteiger partial charge in [-0.25, -0.2) is 4.98 Å². The van der Waals surface area contributed by atoms with Crippen LogP contribution in [0.15, 0.2) is 46.9 Å². The number of aryl methyl sites for hydroxylation is 1. The number of thiazole rings is 1. The molecule has 0 bridgehead atoms. The monoisotopic (exact) mass is 430 g/mol. The number of carbonyl (C=O) groups excluding carboxylic acids is 1. The van der Waals surface area contributed by atoms with Crippen molar-refractivity contribution in [3.05, 3.63) is 58.1 Å². The van der Waals surface area contributed by atoms with Crippen LogP contribution in [0.25, 0.3) is 10.2 Å². The number of carbonyl (C=O) groups is 1. The molecule has 1 amide bonds. The Kier molecular flexibility index (Phi) is 4.96. The summed E-state index contributed by atoms with van der Waals surface area (Å²) in [4.78, 5) is 19.2. The number of para-hydroxylation sites is 1. The van der Waals surface area contributed by atoms with Gasteiger partial charge in [-0.15, -0.1) is 0 Å². The van der Waals surface area contributed by atoms with Gasteiger partial charge in [0.15, 0.2) is 0 Å². The Bertz CT molecular complexity index is 948. The molecule has 1 fully saturated rings. The fraction of sp³-hybridized carbons (Fsp3) is 0.300. The van der Waals surface area contributed by atoms with Crippen molar-refractivity contribution in [1.82, 2.24) is 9.88 Å². The minimum absolute atomic E-state index is 0.0837. The van der Waals surface area contributed by atoms with Crippen LogP contribution >= 0.6 is 27.3 Å². The van der Waals surface area contributed by atoms with Crippen molar-refractivity contribution in [2.45, 2.75) is 25.9 Å². The Balaban J connectivity index is 1.38. The van der Waals surface area contributed by atoms with Crippen LogP contribution in [-0.4, -0.2) is 35.0 Å². The molecule has 0 spiro atoms. The van der Waals surface area contributed by atoms with Crippen LogP contribution in [0.5, 0.6) is 5.19 Å². The van der Waals surface area contributed by atoms with E-state index in [1.165, 1.54) is 5.56 Å². The molecule has 2 heterocycles. The average molecular weight is 431 g/mol. The summed E-state index contributed by atoms with van der Waals surface area (Å²) in [6, 6.07) is 13.7. The smallest absolute Gasteiger partial charge is 0.274 e. The Morgan fingerprint density at radius 3 is 2.73 bits per heavy atom. The van der Waals surface area contributed by atoms with Crippen LogP contribution in [0.4, 0.5) is 0 Å². The van der Waals surface area contributed by atoms with E-state index in [1.54, 1.807) is 11.3 Å². The molecule has 4 nitrogen and oxygen atoms in total. The summed E-state index contributed by atoms with van der Waals surface area (Å²) in [5, 5.41) is 0.728. The molecule has 1 saturated heterocycles. The second-order valence-corrected chi connectivity index (χ2v) is 8.43. The van der Waals surface area contributed by atoms with Crippen molar-refractivity contribution in [1.29, 1.82) is 0 Å². The first-order valence-corrected chi connectivity index (χ1v) is 10.3. The number of fused-ring (bicyclic) bond motifs is 1. The van der Waals surface area contributed by atoms with E-state index in [4.69, 9.17) is 4.74 Å². The third-order valence-corrected chi connectivity index (χ3v) is 6.07. The maximum Gasteiger partial charge on any atom is 0.274 e. The molecule has 0 atom stereocenters. The maximum absolute atomic E-state index is 12.6. The van der Waals surface area contributed by atoms with Gasteiger partial charge in [-0.05, 0) is 36.8 Å². The molecule has 1 aliphatic heterocycles. The summed E-state index contributed by atoms with van der Waals surface area (Å²) in [6.45, 7) is 3.48. The van der Waals surface area contributed by atoms with Crippen molar-refractivity contribution in [3.63, 3.8) is 0 Å². The first kappa shape index (κ1) is 17.5. The van der Waals surface area contributed by atoms with E-state index in [2.05, 4.69) is 40.0 Å². The van der Waals surface area contributed by atoms with Gasteiger partial charge in [-0.1, -0.05) is 45.5 Å². The predicted molar refractivity (Wildman–Crippen MR) is 108 cm³/mol. The third-order valence-electron chi connectivity index (χ3n) is 4.67. The van der Waals surface area contributed by atoms with Crippen LogP contribution < -0.4 is 4.74 Å². The van der Waals surface area contributed by atoms with Gasteiger partial charge in [0.1, 0.15) is 6.10 Å². The van der Waals surface area contributed by atoms with Crippen molar-refractivity contribution < 1.29 is 9.53 Å². The second kappa shape index (κ2) is 7.37. The first-order chi connectivity index (χ1) is 12.6. The van der Waals surface area contributed by atoms with Crippen LogP contribution in [0.1, 0.15) is 28.8 Å². The van der Waals surface area contributed by atoms with Gasteiger partial charge in [0, 0.05) is 36.0 Å². The van der Waals surface area contributed by atoms with Crippen LogP contribution in [-0.2, 0) is 0 Å². The molecule has 134 valence electrons. The lowest BCUT2D eigenvalue weighted by atomic mass is 10.1. The van der Waals surface area contributed by atoms with Crippen molar-refractivity contribution in [2.24, 2.45) is 0 Å². The summed E-state index contributed by atoms with van der Waals surface area (Å²) < 4.78 is 8.19. The number of ether oxygens (including phenoxy) is 1. The minimum atomic E-state index is 0.0837. The fourth-order valence-corrected chi connectivity index (χ4v) is 4.60. The molecule has 26 heavy (non-hydrogen) atoms. The average Bonchev–Trinajstić information content (AvgIpc) is 3.06. The highest BCUT2D eigenvalue weighted by Crippen LogP contribution is 2.31. The molecule has 1 aliphatic rings. The van der Waals surface area contributed by atoms with E-state index in [0.717, 1.165) is 38.3 Å². The molecule has 1 aromatic heterocycles. The molecule has 0 radical (unpaired) electrons. The zero-order chi connectivity index (χ0) is 18.1. The fourth-order valence-electron chi connectivity index (χ4n) is 3.24. The summed E-state index contributed by atoms with van der Waals surface area (Å²) in [5.41, 5.74) is 2.91. The van der Waals surface area contributed by atoms with Crippen molar-refractivity contribution in [3.8, 4) is 5.19 Å². The van der Waals surface area contributed by atoms with E-state index >= 15 is 0 Å². The minimum Gasteiger partial charge on any atom is -0.467 e. The summed E-state index contributed by atoms with van der Waals surface area (Å²) in [6.07, 6.45) is 1.77. The van der Waals surface area contributed by atoms with Gasteiger partial charge in [0.2, 0.25) is 0 Å². The number of likely N-dealkylation sites (tertiary alicyclic amines) is 1. The Morgan fingerprint density at radius 2 is 2.00 bits per heavy atom. The third kappa shape index (κ3) is 3.62. The summed E-state index contributed by atoms with van der Waals surface area (Å²) >= 11 is 5.02. The maximum atomic E-state index is 12.6. The lowest BCUT2D eigenvalue weighted by molar-refractivity contribution is 0.0595. The van der Waals surface area contributed by atoms with E-state index in [9.17, 15) is 4.79 Å². The SMILES string of the molecule is Cc1cccc2sc(OC3CCN(C(=O)c4cccc(Br)c4)CC3)nc12. The van der Waals surface area contributed by atoms with Gasteiger partial charge < -0.3 is 9.64 Å². The van der Waals surface area contributed by atoms with Crippen LogP contribution in [0.2, 0.25) is 0 Å². The predicted octanol–water partition coefficient (Wildman–Crippen LogP) is 5.05. The van der Waals surface area contributed by atoms with Gasteiger partial charge in [-0.3, -0.25) is 4.79 Å². The first-order valence-electron chi connectivity index (χ1n) is 8.68. The molecule has 4 rings (SSSR count). The molecule has 2 aromatic carbocycles. The van der Waals surface area contributed by atoms with Gasteiger partial charge in [0.05, 0.1) is 10.2 Å². The Morgan fingerprint density at radius 1 is 1.23 bits per heavy atom. The summed E-state index contributed by atoms with van der Waals surface area (Å²) in [7, 11) is 0. The Hall–Kier alpha value is -1.92. The zero-order valence-corrected chi connectivity index (χ0v) is 16.8. The number of amides is 1. The molecule has 0 saturated carbocycles. The topological polar surface area (TPSA) is 42.4 Å². The lowest BCUT2D eigenvalue weighted by Crippen LogP contribution is -2.41. The van der Waals surface area contributed by atoms with Crippen molar-refractivity contribution >= 4 is 43.4 Å². The van der Waals surface area contributed by atoms with Gasteiger partial charge in [-0.2, -0.15) is 0 Å². The highest BCUT2D eigenvalue weighted by atomic mass is 79.9. The van der Waals surface area contributed by atoms with E-state index in [-0.39, 0.29) is 12.0 Å². The number of halogens is 1. The number of aromatic nitrogens is 1. The lowest BCUT2D eigenvalue weighted by Gasteiger charge is -2.31. The molecule has 6 heteroatoms. The normalized spacial score (nSPS) is 15.4. The number of benzene rings is 2. The second-order valence-electron chi connectivity index (χ2n) is 6.52.